The highest BCUT2D eigenvalue weighted by molar-refractivity contribution is 4.81. The zero-order valence-electron chi connectivity index (χ0n) is 15.4. The summed E-state index contributed by atoms with van der Waals surface area (Å²) in [4.78, 5) is 0. The molecule has 0 saturated carbocycles. The molecule has 0 heterocycles. The van der Waals surface area contributed by atoms with E-state index in [0.29, 0.717) is 0 Å². The van der Waals surface area contributed by atoms with Crippen LogP contribution in [0.3, 0.4) is 0 Å². The Bertz CT molecular complexity index is 222. The van der Waals surface area contributed by atoms with Crippen molar-refractivity contribution in [3.8, 4) is 0 Å². The van der Waals surface area contributed by atoms with Crippen LogP contribution in [0, 0.1) is 0 Å². The van der Waals surface area contributed by atoms with Gasteiger partial charge in [-0.15, -0.1) is 0 Å². The molecular weight excluding hydrogens is 272 g/mol. The van der Waals surface area contributed by atoms with E-state index in [-0.39, 0.29) is 6.29 Å². The van der Waals surface area contributed by atoms with E-state index in [1.54, 1.807) is 14.2 Å². The third-order valence-electron chi connectivity index (χ3n) is 4.23. The van der Waals surface area contributed by atoms with Crippen molar-refractivity contribution in [1.82, 2.24) is 0 Å². The SMILES string of the molecule is CCCCCCCC/C=C/CCCCCCCC(OC)OC. The zero-order valence-corrected chi connectivity index (χ0v) is 15.4. The molecule has 0 rings (SSSR count). The van der Waals surface area contributed by atoms with Gasteiger partial charge in [0.1, 0.15) is 0 Å². The predicted molar refractivity (Wildman–Crippen MR) is 97.3 cm³/mol. The van der Waals surface area contributed by atoms with Gasteiger partial charge >= 0.3 is 0 Å². The fraction of sp³-hybridized carbons (Fsp3) is 0.900. The maximum absolute atomic E-state index is 5.19. The van der Waals surface area contributed by atoms with Crippen molar-refractivity contribution in [2.75, 3.05) is 14.2 Å². The van der Waals surface area contributed by atoms with E-state index in [0.717, 1.165) is 6.42 Å². The van der Waals surface area contributed by atoms with Crippen LogP contribution in [-0.2, 0) is 9.47 Å². The van der Waals surface area contributed by atoms with Gasteiger partial charge in [0.05, 0.1) is 0 Å². The van der Waals surface area contributed by atoms with Gasteiger partial charge in [-0.1, -0.05) is 70.4 Å². The van der Waals surface area contributed by atoms with Gasteiger partial charge in [-0.25, -0.2) is 0 Å². The van der Waals surface area contributed by atoms with E-state index in [1.165, 1.54) is 83.5 Å². The Balaban J connectivity index is 3.14. The fourth-order valence-corrected chi connectivity index (χ4v) is 2.71. The van der Waals surface area contributed by atoms with E-state index in [4.69, 9.17) is 9.47 Å². The Kier molecular flexibility index (Phi) is 18.4. The molecule has 0 radical (unpaired) electrons. The second kappa shape index (κ2) is 18.7. The smallest absolute Gasteiger partial charge is 0.156 e. The van der Waals surface area contributed by atoms with Crippen molar-refractivity contribution in [3.63, 3.8) is 0 Å². The Morgan fingerprint density at radius 3 is 1.59 bits per heavy atom. The first-order valence-electron chi connectivity index (χ1n) is 9.55. The zero-order chi connectivity index (χ0) is 16.3. The highest BCUT2D eigenvalue weighted by Gasteiger charge is 2.03. The molecule has 0 aliphatic carbocycles. The first-order chi connectivity index (χ1) is 10.8. The molecule has 0 fully saturated rings. The molecule has 2 nitrogen and oxygen atoms in total. The summed E-state index contributed by atoms with van der Waals surface area (Å²) in [6, 6.07) is 0. The lowest BCUT2D eigenvalue weighted by atomic mass is 10.1. The van der Waals surface area contributed by atoms with Crippen LogP contribution in [-0.4, -0.2) is 20.5 Å². The molecule has 0 spiro atoms. The number of hydrogen-bond acceptors (Lipinski definition) is 2. The summed E-state index contributed by atoms with van der Waals surface area (Å²) < 4.78 is 10.4. The first kappa shape index (κ1) is 21.7. The summed E-state index contributed by atoms with van der Waals surface area (Å²) in [7, 11) is 3.43. The van der Waals surface area contributed by atoms with Crippen LogP contribution >= 0.6 is 0 Å². The average Bonchev–Trinajstić information content (AvgIpc) is 2.55. The second-order valence-electron chi connectivity index (χ2n) is 6.27. The molecule has 0 aliphatic heterocycles. The van der Waals surface area contributed by atoms with Gasteiger partial charge in [0, 0.05) is 14.2 Å². The third-order valence-corrected chi connectivity index (χ3v) is 4.23. The van der Waals surface area contributed by atoms with Crippen LogP contribution in [0.4, 0.5) is 0 Å². The molecule has 0 saturated heterocycles. The third kappa shape index (κ3) is 16.0. The minimum atomic E-state index is -0.00935. The van der Waals surface area contributed by atoms with Crippen molar-refractivity contribution >= 4 is 0 Å². The van der Waals surface area contributed by atoms with Crippen LogP contribution in [0.15, 0.2) is 12.2 Å². The maximum atomic E-state index is 5.19. The van der Waals surface area contributed by atoms with Crippen LogP contribution in [0.25, 0.3) is 0 Å². The van der Waals surface area contributed by atoms with Crippen molar-refractivity contribution in [3.05, 3.63) is 12.2 Å². The summed E-state index contributed by atoms with van der Waals surface area (Å²) in [5.41, 5.74) is 0. The molecule has 132 valence electrons. The maximum Gasteiger partial charge on any atom is 0.156 e. The van der Waals surface area contributed by atoms with Gasteiger partial charge in [-0.3, -0.25) is 0 Å². The first-order valence-corrected chi connectivity index (χ1v) is 9.55. The molecule has 2 heteroatoms. The van der Waals surface area contributed by atoms with Crippen LogP contribution in [0.2, 0.25) is 0 Å². The number of methoxy groups -OCH3 is 2. The Morgan fingerprint density at radius 1 is 0.636 bits per heavy atom. The van der Waals surface area contributed by atoms with Gasteiger partial charge in [0.25, 0.3) is 0 Å². The van der Waals surface area contributed by atoms with E-state index in [9.17, 15) is 0 Å². The van der Waals surface area contributed by atoms with Crippen molar-refractivity contribution in [2.45, 2.75) is 103 Å². The summed E-state index contributed by atoms with van der Waals surface area (Å²) in [5, 5.41) is 0. The summed E-state index contributed by atoms with van der Waals surface area (Å²) >= 11 is 0. The lowest BCUT2D eigenvalue weighted by Crippen LogP contribution is -2.12. The quantitative estimate of drug-likeness (QED) is 0.170. The summed E-state index contributed by atoms with van der Waals surface area (Å²) in [6.07, 6.45) is 23.3. The van der Waals surface area contributed by atoms with Crippen LogP contribution in [0.1, 0.15) is 96.8 Å². The van der Waals surface area contributed by atoms with Crippen LogP contribution in [0.5, 0.6) is 0 Å². The fourth-order valence-electron chi connectivity index (χ4n) is 2.71. The van der Waals surface area contributed by atoms with E-state index in [2.05, 4.69) is 19.1 Å². The van der Waals surface area contributed by atoms with Gasteiger partial charge in [0.2, 0.25) is 0 Å². The van der Waals surface area contributed by atoms with Crippen molar-refractivity contribution in [2.24, 2.45) is 0 Å². The lowest BCUT2D eigenvalue weighted by molar-refractivity contribution is -0.107. The molecule has 0 aromatic heterocycles. The van der Waals surface area contributed by atoms with Gasteiger partial charge in [0.15, 0.2) is 6.29 Å². The average molecular weight is 313 g/mol. The van der Waals surface area contributed by atoms with E-state index in [1.807, 2.05) is 0 Å². The molecule has 0 aromatic carbocycles. The van der Waals surface area contributed by atoms with Gasteiger partial charge in [-0.05, 0) is 38.5 Å². The van der Waals surface area contributed by atoms with Crippen molar-refractivity contribution < 1.29 is 9.47 Å². The standard InChI is InChI=1S/C20H40O2/c1-4-5-6-7-8-9-10-11-12-13-14-15-16-17-18-19-20(21-2)22-3/h11-12,20H,4-10,13-19H2,1-3H3/b12-11+. The molecule has 0 unspecified atom stereocenters. The minimum Gasteiger partial charge on any atom is -0.356 e. The van der Waals surface area contributed by atoms with Crippen molar-refractivity contribution in [1.29, 1.82) is 0 Å². The normalized spacial score (nSPS) is 11.8. The monoisotopic (exact) mass is 312 g/mol. The predicted octanol–water partition coefficient (Wildman–Crippen LogP) is 6.64. The Hall–Kier alpha value is -0.340. The number of allylic oxidation sites excluding steroid dienone is 2. The summed E-state index contributed by atoms with van der Waals surface area (Å²) in [6.45, 7) is 2.28. The van der Waals surface area contributed by atoms with E-state index >= 15 is 0 Å². The second-order valence-corrected chi connectivity index (χ2v) is 6.27. The molecule has 0 bridgehead atoms. The molecule has 22 heavy (non-hydrogen) atoms. The largest absolute Gasteiger partial charge is 0.356 e. The number of rotatable bonds is 17. The molecule has 0 aromatic rings. The van der Waals surface area contributed by atoms with Gasteiger partial charge in [-0.2, -0.15) is 0 Å². The Labute approximate surface area is 139 Å². The molecule has 0 aliphatic rings. The van der Waals surface area contributed by atoms with E-state index < -0.39 is 0 Å². The Morgan fingerprint density at radius 2 is 1.09 bits per heavy atom. The highest BCUT2D eigenvalue weighted by atomic mass is 16.7. The highest BCUT2D eigenvalue weighted by Crippen LogP contribution is 2.11. The number of hydrogen-bond donors (Lipinski definition) is 0. The number of unbranched alkanes of at least 4 members (excludes halogenated alkanes) is 11. The number of ether oxygens (including phenoxy) is 2. The van der Waals surface area contributed by atoms with Gasteiger partial charge < -0.3 is 9.47 Å². The molecule has 0 amide bonds. The van der Waals surface area contributed by atoms with Crippen LogP contribution < -0.4 is 0 Å². The molecular formula is C20H40O2. The minimum absolute atomic E-state index is 0.00935. The topological polar surface area (TPSA) is 18.5 Å². The molecule has 0 N–H and O–H groups in total. The molecule has 0 atom stereocenters. The summed E-state index contributed by atoms with van der Waals surface area (Å²) in [5.74, 6) is 0. The lowest BCUT2D eigenvalue weighted by Gasteiger charge is -2.12.